The Kier molecular flexibility index (Phi) is 3.23. The van der Waals surface area contributed by atoms with Crippen LogP contribution in [0.4, 0.5) is 0 Å². The van der Waals surface area contributed by atoms with Gasteiger partial charge in [-0.05, 0) is 12.1 Å². The molecule has 19 heavy (non-hydrogen) atoms. The van der Waals surface area contributed by atoms with E-state index in [-0.39, 0.29) is 0 Å². The molecular formula is C14H9Cl2N3. The third-order valence-corrected chi connectivity index (χ3v) is 3.54. The van der Waals surface area contributed by atoms with E-state index in [2.05, 4.69) is 15.2 Å². The van der Waals surface area contributed by atoms with Crippen LogP contribution in [-0.2, 0) is 0 Å². The molecule has 0 radical (unpaired) electrons. The lowest BCUT2D eigenvalue weighted by molar-refractivity contribution is 1.10. The fourth-order valence-corrected chi connectivity index (χ4v) is 2.18. The number of rotatable bonds is 2. The van der Waals surface area contributed by atoms with E-state index in [0.717, 1.165) is 11.1 Å². The average molecular weight is 290 g/mol. The standard InChI is InChI=1S/C14H9Cl2N3/c15-11-8-4-7-10(12(11)16)14-17-13(18-19-14)9-5-2-1-3-6-9/h1-8H,(H,17,18,19). The lowest BCUT2D eigenvalue weighted by Crippen LogP contribution is -1.83. The van der Waals surface area contributed by atoms with Crippen molar-refractivity contribution in [3.63, 3.8) is 0 Å². The lowest BCUT2D eigenvalue weighted by Gasteiger charge is -2.01. The highest BCUT2D eigenvalue weighted by Gasteiger charge is 2.12. The van der Waals surface area contributed by atoms with Crippen LogP contribution < -0.4 is 0 Å². The van der Waals surface area contributed by atoms with Crippen molar-refractivity contribution in [3.05, 3.63) is 58.6 Å². The monoisotopic (exact) mass is 289 g/mol. The van der Waals surface area contributed by atoms with Gasteiger partial charge in [0.15, 0.2) is 11.6 Å². The SMILES string of the molecule is Clc1cccc(-c2nc(-c3ccccc3)n[nH]2)c1Cl. The van der Waals surface area contributed by atoms with Crippen LogP contribution in [0.2, 0.25) is 10.0 Å². The minimum atomic E-state index is 0.472. The van der Waals surface area contributed by atoms with Crippen molar-refractivity contribution in [3.8, 4) is 22.8 Å². The van der Waals surface area contributed by atoms with Gasteiger partial charge < -0.3 is 0 Å². The van der Waals surface area contributed by atoms with Crippen LogP contribution in [0.15, 0.2) is 48.5 Å². The molecule has 0 spiro atoms. The molecule has 0 fully saturated rings. The van der Waals surface area contributed by atoms with Gasteiger partial charge in [0.2, 0.25) is 0 Å². The Morgan fingerprint density at radius 3 is 2.47 bits per heavy atom. The number of aromatic nitrogens is 3. The Balaban J connectivity index is 2.05. The highest BCUT2D eigenvalue weighted by molar-refractivity contribution is 6.43. The minimum absolute atomic E-state index is 0.472. The normalized spacial score (nSPS) is 10.6. The third-order valence-electron chi connectivity index (χ3n) is 2.72. The molecule has 1 N–H and O–H groups in total. The quantitative estimate of drug-likeness (QED) is 0.757. The summed E-state index contributed by atoms with van der Waals surface area (Å²) in [4.78, 5) is 4.44. The molecule has 0 saturated heterocycles. The lowest BCUT2D eigenvalue weighted by atomic mass is 10.2. The van der Waals surface area contributed by atoms with E-state index >= 15 is 0 Å². The summed E-state index contributed by atoms with van der Waals surface area (Å²) in [6, 6.07) is 15.2. The number of benzene rings is 2. The number of hydrogen-bond acceptors (Lipinski definition) is 2. The minimum Gasteiger partial charge on any atom is -0.259 e. The highest BCUT2D eigenvalue weighted by Crippen LogP contribution is 2.32. The van der Waals surface area contributed by atoms with Crippen molar-refractivity contribution in [2.24, 2.45) is 0 Å². The van der Waals surface area contributed by atoms with Crippen LogP contribution in [-0.4, -0.2) is 15.2 Å². The fourth-order valence-electron chi connectivity index (χ4n) is 1.79. The van der Waals surface area contributed by atoms with Crippen molar-refractivity contribution >= 4 is 23.2 Å². The van der Waals surface area contributed by atoms with Gasteiger partial charge >= 0.3 is 0 Å². The Labute approximate surface area is 120 Å². The third kappa shape index (κ3) is 2.35. The van der Waals surface area contributed by atoms with Gasteiger partial charge in [0.05, 0.1) is 10.0 Å². The Hall–Kier alpha value is -1.84. The largest absolute Gasteiger partial charge is 0.259 e. The van der Waals surface area contributed by atoms with Crippen LogP contribution in [0, 0.1) is 0 Å². The first-order valence-corrected chi connectivity index (χ1v) is 6.43. The summed E-state index contributed by atoms with van der Waals surface area (Å²) in [6.07, 6.45) is 0. The smallest absolute Gasteiger partial charge is 0.181 e. The Morgan fingerprint density at radius 2 is 1.68 bits per heavy atom. The van der Waals surface area contributed by atoms with Crippen molar-refractivity contribution < 1.29 is 0 Å². The Bertz CT molecular complexity index is 708. The average Bonchev–Trinajstić information content (AvgIpc) is 2.92. The van der Waals surface area contributed by atoms with Gasteiger partial charge in [-0.15, -0.1) is 0 Å². The maximum absolute atomic E-state index is 6.16. The predicted octanol–water partition coefficient (Wildman–Crippen LogP) is 4.45. The molecule has 0 aliphatic carbocycles. The molecular weight excluding hydrogens is 281 g/mol. The van der Waals surface area contributed by atoms with Gasteiger partial charge in [0.25, 0.3) is 0 Å². The van der Waals surface area contributed by atoms with Crippen LogP contribution in [0.3, 0.4) is 0 Å². The molecule has 1 aromatic heterocycles. The van der Waals surface area contributed by atoms with E-state index in [1.54, 1.807) is 6.07 Å². The summed E-state index contributed by atoms with van der Waals surface area (Å²) in [5.74, 6) is 1.23. The maximum atomic E-state index is 6.16. The first-order valence-electron chi connectivity index (χ1n) is 5.68. The molecule has 0 bridgehead atoms. The molecule has 0 aliphatic rings. The summed E-state index contributed by atoms with van der Waals surface area (Å²) >= 11 is 12.2. The number of nitrogens with zero attached hydrogens (tertiary/aromatic N) is 2. The van der Waals surface area contributed by atoms with Crippen LogP contribution in [0.5, 0.6) is 0 Å². The van der Waals surface area contributed by atoms with E-state index in [1.165, 1.54) is 0 Å². The van der Waals surface area contributed by atoms with Gasteiger partial charge in [-0.2, -0.15) is 5.10 Å². The molecule has 2 aromatic carbocycles. The zero-order chi connectivity index (χ0) is 13.2. The molecule has 0 atom stereocenters. The van der Waals surface area contributed by atoms with Crippen LogP contribution >= 0.6 is 23.2 Å². The first-order chi connectivity index (χ1) is 9.25. The molecule has 94 valence electrons. The number of halogens is 2. The zero-order valence-corrected chi connectivity index (χ0v) is 11.3. The van der Waals surface area contributed by atoms with Crippen molar-refractivity contribution in [1.82, 2.24) is 15.2 Å². The molecule has 1 heterocycles. The van der Waals surface area contributed by atoms with Gasteiger partial charge in [-0.1, -0.05) is 59.6 Å². The molecule has 3 rings (SSSR count). The second kappa shape index (κ2) is 5.03. The van der Waals surface area contributed by atoms with E-state index in [9.17, 15) is 0 Å². The van der Waals surface area contributed by atoms with Crippen molar-refractivity contribution in [2.45, 2.75) is 0 Å². The van der Waals surface area contributed by atoms with Crippen molar-refractivity contribution in [2.75, 3.05) is 0 Å². The number of aromatic amines is 1. The highest BCUT2D eigenvalue weighted by atomic mass is 35.5. The van der Waals surface area contributed by atoms with E-state index < -0.39 is 0 Å². The van der Waals surface area contributed by atoms with Gasteiger partial charge in [-0.3, -0.25) is 5.10 Å². The maximum Gasteiger partial charge on any atom is 0.181 e. The van der Waals surface area contributed by atoms with E-state index in [0.29, 0.717) is 21.7 Å². The molecule has 0 unspecified atom stereocenters. The molecule has 0 aliphatic heterocycles. The summed E-state index contributed by atoms with van der Waals surface area (Å²) in [5.41, 5.74) is 1.69. The van der Waals surface area contributed by atoms with E-state index in [1.807, 2.05) is 42.5 Å². The zero-order valence-electron chi connectivity index (χ0n) is 9.77. The molecule has 3 nitrogen and oxygen atoms in total. The van der Waals surface area contributed by atoms with Crippen LogP contribution in [0.25, 0.3) is 22.8 Å². The summed E-state index contributed by atoms with van der Waals surface area (Å²) in [7, 11) is 0. The van der Waals surface area contributed by atoms with Gasteiger partial charge in [-0.25, -0.2) is 4.98 Å². The summed E-state index contributed by atoms with van der Waals surface area (Å²) in [5, 5.41) is 8.05. The van der Waals surface area contributed by atoms with Gasteiger partial charge in [0.1, 0.15) is 0 Å². The number of nitrogens with one attached hydrogen (secondary N) is 1. The van der Waals surface area contributed by atoms with Crippen LogP contribution in [0.1, 0.15) is 0 Å². The van der Waals surface area contributed by atoms with E-state index in [4.69, 9.17) is 23.2 Å². The van der Waals surface area contributed by atoms with Crippen molar-refractivity contribution in [1.29, 1.82) is 0 Å². The second-order valence-corrected chi connectivity index (χ2v) is 4.76. The number of hydrogen-bond donors (Lipinski definition) is 1. The Morgan fingerprint density at radius 1 is 0.895 bits per heavy atom. The first kappa shape index (κ1) is 12.2. The topological polar surface area (TPSA) is 41.6 Å². The number of H-pyrrole nitrogens is 1. The van der Waals surface area contributed by atoms with Gasteiger partial charge in [0, 0.05) is 11.1 Å². The molecule has 5 heteroatoms. The molecule has 0 saturated carbocycles. The predicted molar refractivity (Wildman–Crippen MR) is 77.3 cm³/mol. The molecule has 0 amide bonds. The summed E-state index contributed by atoms with van der Waals surface area (Å²) in [6.45, 7) is 0. The fraction of sp³-hybridized carbons (Fsp3) is 0. The second-order valence-electron chi connectivity index (χ2n) is 3.98. The molecule has 3 aromatic rings. The summed E-state index contributed by atoms with van der Waals surface area (Å²) < 4.78 is 0.